The number of H-pyrrole nitrogens is 1. The lowest BCUT2D eigenvalue weighted by Gasteiger charge is -2.07. The van der Waals surface area contributed by atoms with Crippen LogP contribution in [-0.4, -0.2) is 25.8 Å². The smallest absolute Gasteiger partial charge is 0.0670 e. The van der Waals surface area contributed by atoms with Gasteiger partial charge >= 0.3 is 0 Å². The molecule has 3 heterocycles. The first-order valence-corrected chi connectivity index (χ1v) is 8.60. The molecule has 0 saturated carbocycles. The lowest BCUT2D eigenvalue weighted by Crippen LogP contribution is -2.03. The molecule has 0 aliphatic heterocycles. The van der Waals surface area contributed by atoms with Crippen molar-refractivity contribution < 1.29 is 0 Å². The van der Waals surface area contributed by atoms with Crippen LogP contribution in [0.2, 0.25) is 0 Å². The highest BCUT2D eigenvalue weighted by Crippen LogP contribution is 2.31. The molecule has 3 aromatic heterocycles. The summed E-state index contributed by atoms with van der Waals surface area (Å²) in [5.74, 6) is 0. The van der Waals surface area contributed by atoms with E-state index in [1.54, 1.807) is 11.9 Å². The van der Waals surface area contributed by atoms with Crippen LogP contribution in [-0.2, 0) is 13.6 Å². The van der Waals surface area contributed by atoms with Crippen LogP contribution in [0.15, 0.2) is 60.0 Å². The van der Waals surface area contributed by atoms with Gasteiger partial charge in [-0.3, -0.25) is 8.65 Å². The van der Waals surface area contributed by atoms with Crippen LogP contribution in [0.1, 0.15) is 5.56 Å². The fourth-order valence-corrected chi connectivity index (χ4v) is 3.82. The summed E-state index contributed by atoms with van der Waals surface area (Å²) in [6, 6.07) is 10.9. The molecule has 0 aliphatic rings. The molecule has 0 saturated heterocycles. The van der Waals surface area contributed by atoms with E-state index in [1.165, 1.54) is 22.2 Å². The van der Waals surface area contributed by atoms with Gasteiger partial charge in [-0.2, -0.15) is 5.10 Å². The van der Waals surface area contributed by atoms with Crippen LogP contribution >= 0.6 is 11.9 Å². The SMILES string of the molecule is CNCc1cc(-c2ccc3[nH]ccc3c2)n(Sc2cnn(C)c2)c1. The van der Waals surface area contributed by atoms with Gasteiger partial charge < -0.3 is 10.3 Å². The van der Waals surface area contributed by atoms with Crippen LogP contribution in [0.5, 0.6) is 0 Å². The summed E-state index contributed by atoms with van der Waals surface area (Å²) in [4.78, 5) is 4.37. The molecule has 0 bridgehead atoms. The Balaban J connectivity index is 1.76. The van der Waals surface area contributed by atoms with Crippen molar-refractivity contribution in [2.45, 2.75) is 11.4 Å². The molecule has 4 rings (SSSR count). The van der Waals surface area contributed by atoms with Crippen molar-refractivity contribution in [3.05, 3.63) is 60.7 Å². The summed E-state index contributed by atoms with van der Waals surface area (Å²) >= 11 is 1.68. The number of nitrogens with zero attached hydrogens (tertiary/aromatic N) is 3. The second-order valence-corrected chi connectivity index (χ2v) is 6.86. The Morgan fingerprint density at radius 2 is 2.12 bits per heavy atom. The standard InChI is InChI=1S/C18H19N5S/c1-19-9-13-7-18(15-3-4-17-14(8-15)5-6-20-17)23(11-13)24-16-10-21-22(2)12-16/h3-8,10-12,19-20H,9H2,1-2H3. The number of hydrogen-bond donors (Lipinski definition) is 2. The second kappa shape index (κ2) is 6.22. The minimum atomic E-state index is 0.847. The molecule has 24 heavy (non-hydrogen) atoms. The molecular formula is C18H19N5S. The summed E-state index contributed by atoms with van der Waals surface area (Å²) in [7, 11) is 3.91. The molecule has 0 atom stereocenters. The van der Waals surface area contributed by atoms with Crippen molar-refractivity contribution in [3.63, 3.8) is 0 Å². The number of aromatic nitrogens is 4. The quantitative estimate of drug-likeness (QED) is 0.584. The maximum absolute atomic E-state index is 4.26. The van der Waals surface area contributed by atoms with E-state index in [-0.39, 0.29) is 0 Å². The Kier molecular flexibility index (Phi) is 3.92. The van der Waals surface area contributed by atoms with E-state index in [0.29, 0.717) is 0 Å². The molecule has 2 N–H and O–H groups in total. The van der Waals surface area contributed by atoms with E-state index in [4.69, 9.17) is 0 Å². The Morgan fingerprint density at radius 1 is 1.21 bits per heavy atom. The highest BCUT2D eigenvalue weighted by atomic mass is 32.2. The summed E-state index contributed by atoms with van der Waals surface area (Å²) in [5.41, 5.74) is 4.82. The third kappa shape index (κ3) is 2.86. The van der Waals surface area contributed by atoms with Gasteiger partial charge in [-0.05, 0) is 54.4 Å². The van der Waals surface area contributed by atoms with E-state index in [0.717, 1.165) is 17.0 Å². The minimum absolute atomic E-state index is 0.847. The Labute approximate surface area is 144 Å². The highest BCUT2D eigenvalue weighted by molar-refractivity contribution is 7.98. The molecule has 0 aliphatic carbocycles. The van der Waals surface area contributed by atoms with Crippen molar-refractivity contribution in [2.75, 3.05) is 7.05 Å². The van der Waals surface area contributed by atoms with Gasteiger partial charge in [-0.15, -0.1) is 0 Å². The first-order valence-electron chi connectivity index (χ1n) is 7.83. The number of rotatable bonds is 5. The number of aromatic amines is 1. The van der Waals surface area contributed by atoms with E-state index >= 15 is 0 Å². The third-order valence-corrected chi connectivity index (χ3v) is 4.88. The molecule has 0 unspecified atom stereocenters. The minimum Gasteiger partial charge on any atom is -0.361 e. The van der Waals surface area contributed by atoms with Crippen molar-refractivity contribution >= 4 is 22.9 Å². The van der Waals surface area contributed by atoms with Crippen molar-refractivity contribution in [2.24, 2.45) is 7.05 Å². The molecule has 122 valence electrons. The second-order valence-electron chi connectivity index (χ2n) is 5.81. The molecule has 1 aromatic carbocycles. The third-order valence-electron chi connectivity index (χ3n) is 3.96. The molecular weight excluding hydrogens is 318 g/mol. The van der Waals surface area contributed by atoms with Gasteiger partial charge in [-0.25, -0.2) is 0 Å². The van der Waals surface area contributed by atoms with Gasteiger partial charge in [0.2, 0.25) is 0 Å². The normalized spacial score (nSPS) is 11.4. The van der Waals surface area contributed by atoms with Gasteiger partial charge in [0.1, 0.15) is 0 Å². The van der Waals surface area contributed by atoms with E-state index < -0.39 is 0 Å². The molecule has 0 radical (unpaired) electrons. The Hall–Kier alpha value is -2.44. The van der Waals surface area contributed by atoms with Crippen LogP contribution < -0.4 is 5.32 Å². The highest BCUT2D eigenvalue weighted by Gasteiger charge is 2.11. The van der Waals surface area contributed by atoms with Gasteiger partial charge in [0.05, 0.1) is 16.8 Å². The summed E-state index contributed by atoms with van der Waals surface area (Å²) in [6.45, 7) is 0.847. The van der Waals surface area contributed by atoms with Crippen molar-refractivity contribution in [1.29, 1.82) is 0 Å². The summed E-state index contributed by atoms with van der Waals surface area (Å²) in [6.07, 6.45) is 8.08. The zero-order chi connectivity index (χ0) is 16.5. The lowest BCUT2D eigenvalue weighted by molar-refractivity contribution is 0.766. The largest absolute Gasteiger partial charge is 0.361 e. The fourth-order valence-electron chi connectivity index (χ4n) is 2.86. The molecule has 0 spiro atoms. The van der Waals surface area contributed by atoms with Crippen LogP contribution in [0.3, 0.4) is 0 Å². The van der Waals surface area contributed by atoms with Crippen molar-refractivity contribution in [3.8, 4) is 11.3 Å². The van der Waals surface area contributed by atoms with Gasteiger partial charge in [0, 0.05) is 43.1 Å². The summed E-state index contributed by atoms with van der Waals surface area (Å²) < 4.78 is 4.05. The fraction of sp³-hybridized carbons (Fsp3) is 0.167. The van der Waals surface area contributed by atoms with Crippen molar-refractivity contribution in [1.82, 2.24) is 24.1 Å². The predicted octanol–water partition coefficient (Wildman–Crippen LogP) is 3.64. The number of fused-ring (bicyclic) bond motifs is 1. The van der Waals surface area contributed by atoms with Gasteiger partial charge in [-0.1, -0.05) is 6.07 Å². The average molecular weight is 337 g/mol. The molecule has 4 aromatic rings. The van der Waals surface area contributed by atoms with Crippen LogP contribution in [0.4, 0.5) is 0 Å². The number of aryl methyl sites for hydroxylation is 1. The molecule has 5 nitrogen and oxygen atoms in total. The average Bonchev–Trinajstić information content (AvgIpc) is 3.27. The maximum Gasteiger partial charge on any atom is 0.0670 e. The van der Waals surface area contributed by atoms with E-state index in [1.807, 2.05) is 37.4 Å². The van der Waals surface area contributed by atoms with Crippen LogP contribution in [0, 0.1) is 0 Å². The van der Waals surface area contributed by atoms with Crippen LogP contribution in [0.25, 0.3) is 22.2 Å². The Bertz CT molecular complexity index is 978. The Morgan fingerprint density at radius 3 is 2.92 bits per heavy atom. The number of hydrogen-bond acceptors (Lipinski definition) is 3. The zero-order valence-corrected chi connectivity index (χ0v) is 14.5. The summed E-state index contributed by atoms with van der Waals surface area (Å²) in [5, 5.41) is 8.71. The first-order chi connectivity index (χ1) is 11.7. The topological polar surface area (TPSA) is 50.6 Å². The van der Waals surface area contributed by atoms with Gasteiger partial charge in [0.25, 0.3) is 0 Å². The first kappa shape index (κ1) is 15.1. The maximum atomic E-state index is 4.26. The molecule has 0 fully saturated rings. The van der Waals surface area contributed by atoms with E-state index in [2.05, 4.69) is 55.9 Å². The number of nitrogens with one attached hydrogen (secondary N) is 2. The molecule has 0 amide bonds. The van der Waals surface area contributed by atoms with E-state index in [9.17, 15) is 0 Å². The predicted molar refractivity (Wildman–Crippen MR) is 99.0 cm³/mol. The van der Waals surface area contributed by atoms with Gasteiger partial charge in [0.15, 0.2) is 0 Å². The lowest BCUT2D eigenvalue weighted by atomic mass is 10.1. The molecule has 6 heteroatoms. The number of benzene rings is 1. The monoisotopic (exact) mass is 337 g/mol. The zero-order valence-electron chi connectivity index (χ0n) is 13.7.